The zero-order chi connectivity index (χ0) is 24.0. The van der Waals surface area contributed by atoms with Gasteiger partial charge in [0.1, 0.15) is 0 Å². The molecule has 1 aliphatic heterocycles. The molecule has 0 spiro atoms. The number of carbonyl (C=O) groups is 1. The number of anilines is 1. The highest BCUT2D eigenvalue weighted by atomic mass is 16.2. The van der Waals surface area contributed by atoms with Crippen molar-refractivity contribution in [2.24, 2.45) is 0 Å². The van der Waals surface area contributed by atoms with Crippen LogP contribution in [0.15, 0.2) is 30.3 Å². The molecule has 0 atom stereocenters. The third-order valence-electron chi connectivity index (χ3n) is 6.84. The van der Waals surface area contributed by atoms with Gasteiger partial charge in [-0.25, -0.2) is 9.67 Å². The van der Waals surface area contributed by atoms with Crippen LogP contribution < -0.4 is 4.90 Å². The number of benzene rings is 1. The predicted molar refractivity (Wildman–Crippen MR) is 133 cm³/mol. The quantitative estimate of drug-likeness (QED) is 0.576. The molecule has 1 saturated heterocycles. The number of aryl methyl sites for hydroxylation is 1. The van der Waals surface area contributed by atoms with Crippen molar-refractivity contribution in [3.05, 3.63) is 52.8 Å². The molecular formula is C27H32N6O. The lowest BCUT2D eigenvalue weighted by atomic mass is 10.1. The number of fused-ring (bicyclic) bond motifs is 1. The second-order valence-corrected chi connectivity index (χ2v) is 10.5. The van der Waals surface area contributed by atoms with Gasteiger partial charge in [0.2, 0.25) is 0 Å². The van der Waals surface area contributed by atoms with E-state index in [1.54, 1.807) is 0 Å². The fourth-order valence-electron chi connectivity index (χ4n) is 4.83. The highest BCUT2D eigenvalue weighted by Crippen LogP contribution is 2.41. The normalized spacial score (nSPS) is 17.0. The monoisotopic (exact) mass is 456 g/mol. The van der Waals surface area contributed by atoms with E-state index in [1.165, 1.54) is 0 Å². The summed E-state index contributed by atoms with van der Waals surface area (Å²) in [7, 11) is 0. The van der Waals surface area contributed by atoms with Gasteiger partial charge >= 0.3 is 0 Å². The Balaban J connectivity index is 1.46. The number of hydrogen-bond acceptors (Lipinski definition) is 5. The van der Waals surface area contributed by atoms with Crippen LogP contribution >= 0.6 is 0 Å². The zero-order valence-corrected chi connectivity index (χ0v) is 20.5. The van der Waals surface area contributed by atoms with Gasteiger partial charge in [-0.3, -0.25) is 4.79 Å². The summed E-state index contributed by atoms with van der Waals surface area (Å²) in [6.07, 6.45) is 3.17. The fraction of sp³-hybridized carbons (Fsp3) is 0.481. The first-order valence-corrected chi connectivity index (χ1v) is 12.2. The average Bonchev–Trinajstić information content (AvgIpc) is 3.64. The molecule has 1 aliphatic carbocycles. The molecule has 0 unspecified atom stereocenters. The lowest BCUT2D eigenvalue weighted by molar-refractivity contribution is 0.0768. The summed E-state index contributed by atoms with van der Waals surface area (Å²) in [5, 5.41) is 14.8. The molecule has 1 amide bonds. The number of hydrogen-bond donors (Lipinski definition) is 0. The van der Waals surface area contributed by atoms with Crippen molar-refractivity contribution < 1.29 is 4.79 Å². The smallest absolute Gasteiger partial charge is 0.254 e. The van der Waals surface area contributed by atoms with Crippen molar-refractivity contribution in [3.8, 4) is 6.07 Å². The summed E-state index contributed by atoms with van der Waals surface area (Å²) in [5.41, 5.74) is 4.99. The molecule has 0 radical (unpaired) electrons. The number of aromatic nitrogens is 3. The van der Waals surface area contributed by atoms with E-state index in [1.807, 2.05) is 46.8 Å². The number of rotatable bonds is 3. The van der Waals surface area contributed by atoms with Crippen molar-refractivity contribution in [1.29, 1.82) is 5.26 Å². The van der Waals surface area contributed by atoms with E-state index in [2.05, 4.69) is 31.7 Å². The Hall–Kier alpha value is -3.40. The molecule has 5 rings (SSSR count). The average molecular weight is 457 g/mol. The van der Waals surface area contributed by atoms with Gasteiger partial charge in [0, 0.05) is 43.5 Å². The molecule has 34 heavy (non-hydrogen) atoms. The molecule has 176 valence electrons. The van der Waals surface area contributed by atoms with Crippen LogP contribution in [0.3, 0.4) is 0 Å². The molecule has 0 N–H and O–H groups in total. The lowest BCUT2D eigenvalue weighted by Crippen LogP contribution is -2.35. The largest absolute Gasteiger partial charge is 0.370 e. The summed E-state index contributed by atoms with van der Waals surface area (Å²) >= 11 is 0. The lowest BCUT2D eigenvalue weighted by Gasteiger charge is -2.24. The Morgan fingerprint density at radius 3 is 2.47 bits per heavy atom. The minimum atomic E-state index is -0.216. The maximum absolute atomic E-state index is 13.9. The summed E-state index contributed by atoms with van der Waals surface area (Å²) in [5.74, 6) is 0.531. The summed E-state index contributed by atoms with van der Waals surface area (Å²) < 4.78 is 1.98. The molecule has 2 aliphatic rings. The van der Waals surface area contributed by atoms with E-state index in [0.29, 0.717) is 18.0 Å². The summed E-state index contributed by atoms with van der Waals surface area (Å²) in [4.78, 5) is 23.2. The van der Waals surface area contributed by atoms with E-state index in [-0.39, 0.29) is 11.4 Å². The van der Waals surface area contributed by atoms with Crippen LogP contribution in [-0.4, -0.2) is 51.8 Å². The Morgan fingerprint density at radius 2 is 1.82 bits per heavy atom. The molecule has 7 nitrogen and oxygen atoms in total. The van der Waals surface area contributed by atoms with Crippen LogP contribution in [0, 0.1) is 18.3 Å². The van der Waals surface area contributed by atoms with Gasteiger partial charge in [-0.05, 0) is 77.3 Å². The minimum Gasteiger partial charge on any atom is -0.370 e. The Labute approximate surface area is 201 Å². The van der Waals surface area contributed by atoms with Crippen molar-refractivity contribution in [2.75, 3.05) is 31.1 Å². The molecule has 0 bridgehead atoms. The van der Waals surface area contributed by atoms with Crippen molar-refractivity contribution >= 4 is 22.6 Å². The summed E-state index contributed by atoms with van der Waals surface area (Å²) in [6.45, 7) is 11.4. The van der Waals surface area contributed by atoms with Gasteiger partial charge in [-0.2, -0.15) is 10.4 Å². The number of nitrogens with zero attached hydrogens (tertiary/aromatic N) is 6. The maximum atomic E-state index is 13.9. The van der Waals surface area contributed by atoms with Crippen molar-refractivity contribution in [2.45, 2.75) is 58.4 Å². The van der Waals surface area contributed by atoms with Crippen molar-refractivity contribution in [1.82, 2.24) is 19.7 Å². The van der Waals surface area contributed by atoms with Crippen LogP contribution in [-0.2, 0) is 5.54 Å². The van der Waals surface area contributed by atoms with E-state index in [9.17, 15) is 4.79 Å². The van der Waals surface area contributed by atoms with Gasteiger partial charge in [0.25, 0.3) is 5.91 Å². The van der Waals surface area contributed by atoms with E-state index >= 15 is 0 Å². The number of nitriles is 1. The third kappa shape index (κ3) is 4.13. The minimum absolute atomic E-state index is 0.0764. The highest BCUT2D eigenvalue weighted by Gasteiger charge is 2.32. The van der Waals surface area contributed by atoms with Gasteiger partial charge in [-0.1, -0.05) is 0 Å². The van der Waals surface area contributed by atoms with Crippen LogP contribution in [0.2, 0.25) is 0 Å². The third-order valence-corrected chi connectivity index (χ3v) is 6.84. The van der Waals surface area contributed by atoms with Crippen molar-refractivity contribution in [3.63, 3.8) is 0 Å². The second kappa shape index (κ2) is 8.43. The van der Waals surface area contributed by atoms with Crippen LogP contribution in [0.25, 0.3) is 11.0 Å². The van der Waals surface area contributed by atoms with Crippen LogP contribution in [0.4, 0.5) is 5.69 Å². The second-order valence-electron chi connectivity index (χ2n) is 10.5. The Morgan fingerprint density at radius 1 is 1.09 bits per heavy atom. The van der Waals surface area contributed by atoms with Gasteiger partial charge in [-0.15, -0.1) is 0 Å². The predicted octanol–water partition coefficient (Wildman–Crippen LogP) is 4.60. The number of amides is 1. The highest BCUT2D eigenvalue weighted by molar-refractivity contribution is 6.06. The number of pyridine rings is 1. The molecule has 3 aromatic rings. The van der Waals surface area contributed by atoms with Crippen LogP contribution in [0.5, 0.6) is 0 Å². The van der Waals surface area contributed by atoms with Gasteiger partial charge < -0.3 is 9.80 Å². The molecular weight excluding hydrogens is 424 g/mol. The molecule has 7 heteroatoms. The molecule has 3 heterocycles. The van der Waals surface area contributed by atoms with Gasteiger partial charge in [0.05, 0.1) is 33.8 Å². The molecule has 2 aromatic heterocycles. The van der Waals surface area contributed by atoms with E-state index < -0.39 is 0 Å². The first-order chi connectivity index (χ1) is 16.3. The molecule has 2 fully saturated rings. The number of carbonyl (C=O) groups excluding carboxylic acids is 1. The Kier molecular flexibility index (Phi) is 5.55. The SMILES string of the molecule is Cc1nn(C(C)(C)C)c2nc(C3CC3)cc(C(=O)N3CCCN(c4ccc(C#N)cc4)CC3)c12. The van der Waals surface area contributed by atoms with Gasteiger partial charge in [0.15, 0.2) is 5.65 Å². The standard InChI is InChI=1S/C27H32N6O/c1-18-24-22(16-23(20-8-9-20)29-25(24)33(30-18)27(2,3)4)26(34)32-13-5-12-31(14-15-32)21-10-6-19(17-28)7-11-21/h6-7,10-11,16,20H,5,8-9,12-15H2,1-4H3. The first-order valence-electron chi connectivity index (χ1n) is 12.2. The molecule has 1 aromatic carbocycles. The first kappa shape index (κ1) is 22.4. The fourth-order valence-corrected chi connectivity index (χ4v) is 4.83. The summed E-state index contributed by atoms with van der Waals surface area (Å²) in [6, 6.07) is 11.9. The zero-order valence-electron chi connectivity index (χ0n) is 20.5. The molecule has 1 saturated carbocycles. The topological polar surface area (TPSA) is 78.1 Å². The van der Waals surface area contributed by atoms with E-state index in [4.69, 9.17) is 15.3 Å². The van der Waals surface area contributed by atoms with Crippen LogP contribution in [0.1, 0.15) is 73.3 Å². The van der Waals surface area contributed by atoms with E-state index in [0.717, 1.165) is 72.6 Å². The maximum Gasteiger partial charge on any atom is 0.254 e. The Bertz CT molecular complexity index is 1270.